The van der Waals surface area contributed by atoms with Gasteiger partial charge in [0, 0.05) is 6.61 Å². The Kier molecular flexibility index (Phi) is 5.64. The van der Waals surface area contributed by atoms with Gasteiger partial charge in [-0.3, -0.25) is 0 Å². The number of hydrogen-bond acceptors (Lipinski definition) is 2. The van der Waals surface area contributed by atoms with Crippen LogP contribution in [0, 0.1) is 0 Å². The van der Waals surface area contributed by atoms with E-state index in [2.05, 4.69) is 0 Å². The molecule has 0 amide bonds. The van der Waals surface area contributed by atoms with Crippen molar-refractivity contribution < 1.29 is 9.84 Å². The predicted molar refractivity (Wildman–Crippen MR) is 67.1 cm³/mol. The van der Waals surface area contributed by atoms with E-state index in [0.29, 0.717) is 0 Å². The maximum absolute atomic E-state index is 8.73. The van der Waals surface area contributed by atoms with E-state index in [1.165, 1.54) is 0 Å². The smallest absolute Gasteiger partial charge is 0.119 e. The topological polar surface area (TPSA) is 29.5 Å². The zero-order chi connectivity index (χ0) is 12.0. The first-order valence-electron chi connectivity index (χ1n) is 5.65. The van der Waals surface area contributed by atoms with E-state index in [1.54, 1.807) is 0 Å². The summed E-state index contributed by atoms with van der Waals surface area (Å²) in [6.07, 6.45) is 1.72. The van der Waals surface area contributed by atoms with Gasteiger partial charge in [0.2, 0.25) is 0 Å². The molecule has 0 heterocycles. The number of aliphatic hydroxyl groups excluding tert-OH is 1. The number of halogens is 1. The largest absolute Gasteiger partial charge is 0.491 e. The number of ether oxygens (including phenoxy) is 1. The standard InChI is InChI=1S/C13H19ClO2/c1-10(2)16-12-7-5-11(6-8-12)13(14)4-3-9-15/h5-8,10,13,15H,3-4,9H2,1-2H3. The molecule has 16 heavy (non-hydrogen) atoms. The molecule has 1 unspecified atom stereocenters. The second kappa shape index (κ2) is 6.77. The van der Waals surface area contributed by atoms with E-state index in [-0.39, 0.29) is 18.1 Å². The molecule has 90 valence electrons. The third-order valence-corrected chi connectivity index (χ3v) is 2.70. The highest BCUT2D eigenvalue weighted by Crippen LogP contribution is 2.27. The Morgan fingerprint density at radius 2 is 1.88 bits per heavy atom. The van der Waals surface area contributed by atoms with Crippen molar-refractivity contribution in [2.24, 2.45) is 0 Å². The van der Waals surface area contributed by atoms with Crippen LogP contribution in [-0.4, -0.2) is 17.8 Å². The fraction of sp³-hybridized carbons (Fsp3) is 0.538. The second-order valence-electron chi connectivity index (χ2n) is 4.07. The molecule has 3 heteroatoms. The van der Waals surface area contributed by atoms with Crippen LogP contribution in [0.4, 0.5) is 0 Å². The van der Waals surface area contributed by atoms with Crippen LogP contribution in [0.3, 0.4) is 0 Å². The molecule has 0 saturated carbocycles. The van der Waals surface area contributed by atoms with Gasteiger partial charge in [0.1, 0.15) is 5.75 Å². The van der Waals surface area contributed by atoms with Crippen molar-refractivity contribution in [3.63, 3.8) is 0 Å². The fourth-order valence-electron chi connectivity index (χ4n) is 1.46. The van der Waals surface area contributed by atoms with E-state index < -0.39 is 0 Å². The van der Waals surface area contributed by atoms with Crippen LogP contribution >= 0.6 is 11.6 Å². The van der Waals surface area contributed by atoms with E-state index >= 15 is 0 Å². The van der Waals surface area contributed by atoms with Crippen molar-refractivity contribution in [1.29, 1.82) is 0 Å². The lowest BCUT2D eigenvalue weighted by atomic mass is 10.1. The van der Waals surface area contributed by atoms with Crippen molar-refractivity contribution in [2.75, 3.05) is 6.61 Å². The molecule has 0 saturated heterocycles. The molecule has 1 aromatic rings. The summed E-state index contributed by atoms with van der Waals surface area (Å²) in [4.78, 5) is 0. The first-order valence-corrected chi connectivity index (χ1v) is 6.08. The summed E-state index contributed by atoms with van der Waals surface area (Å²) in [6, 6.07) is 7.83. The molecule has 1 aromatic carbocycles. The lowest BCUT2D eigenvalue weighted by molar-refractivity contribution is 0.242. The van der Waals surface area contributed by atoms with E-state index in [0.717, 1.165) is 24.2 Å². The van der Waals surface area contributed by atoms with Gasteiger partial charge in [-0.15, -0.1) is 11.6 Å². The molecule has 0 aliphatic rings. The molecule has 0 radical (unpaired) electrons. The predicted octanol–water partition coefficient (Wildman–Crippen LogP) is 3.53. The molecule has 1 atom stereocenters. The summed E-state index contributed by atoms with van der Waals surface area (Å²) >= 11 is 6.19. The van der Waals surface area contributed by atoms with Crippen LogP contribution in [0.15, 0.2) is 24.3 Å². The van der Waals surface area contributed by atoms with Gasteiger partial charge in [0.15, 0.2) is 0 Å². The molecular weight excluding hydrogens is 224 g/mol. The molecular formula is C13H19ClO2. The summed E-state index contributed by atoms with van der Waals surface area (Å²) in [5.74, 6) is 0.866. The number of aliphatic hydroxyl groups is 1. The third-order valence-electron chi connectivity index (χ3n) is 2.23. The Morgan fingerprint density at radius 3 is 2.38 bits per heavy atom. The monoisotopic (exact) mass is 242 g/mol. The van der Waals surface area contributed by atoms with Gasteiger partial charge < -0.3 is 9.84 Å². The number of benzene rings is 1. The van der Waals surface area contributed by atoms with Gasteiger partial charge in [-0.05, 0) is 44.4 Å². The molecule has 2 nitrogen and oxygen atoms in total. The number of hydrogen-bond donors (Lipinski definition) is 1. The zero-order valence-corrected chi connectivity index (χ0v) is 10.6. The first kappa shape index (κ1) is 13.3. The molecule has 0 aliphatic heterocycles. The van der Waals surface area contributed by atoms with Crippen molar-refractivity contribution in [3.8, 4) is 5.75 Å². The highest BCUT2D eigenvalue weighted by atomic mass is 35.5. The Bertz CT molecular complexity index is 295. The van der Waals surface area contributed by atoms with Crippen molar-refractivity contribution in [3.05, 3.63) is 29.8 Å². The molecule has 0 aliphatic carbocycles. The maximum Gasteiger partial charge on any atom is 0.119 e. The SMILES string of the molecule is CC(C)Oc1ccc(C(Cl)CCCO)cc1. The normalized spacial score (nSPS) is 12.8. The summed E-state index contributed by atoms with van der Waals surface area (Å²) in [6.45, 7) is 4.19. The van der Waals surface area contributed by atoms with Crippen LogP contribution in [0.5, 0.6) is 5.75 Å². The molecule has 0 bridgehead atoms. The van der Waals surface area contributed by atoms with Gasteiger partial charge in [0.25, 0.3) is 0 Å². The average molecular weight is 243 g/mol. The Morgan fingerprint density at radius 1 is 1.25 bits per heavy atom. The first-order chi connectivity index (χ1) is 7.63. The minimum atomic E-state index is -0.0275. The van der Waals surface area contributed by atoms with Crippen molar-refractivity contribution >= 4 is 11.6 Å². The minimum absolute atomic E-state index is 0.0275. The molecule has 1 N–H and O–H groups in total. The number of rotatable bonds is 6. The summed E-state index contributed by atoms with van der Waals surface area (Å²) < 4.78 is 5.55. The fourth-order valence-corrected chi connectivity index (χ4v) is 1.76. The van der Waals surface area contributed by atoms with Gasteiger partial charge in [0.05, 0.1) is 11.5 Å². The van der Waals surface area contributed by atoms with E-state index in [1.807, 2.05) is 38.1 Å². The lowest BCUT2D eigenvalue weighted by Gasteiger charge is -2.12. The Balaban J connectivity index is 2.56. The second-order valence-corrected chi connectivity index (χ2v) is 4.60. The van der Waals surface area contributed by atoms with Gasteiger partial charge in [-0.1, -0.05) is 12.1 Å². The number of alkyl halides is 1. The van der Waals surface area contributed by atoms with Crippen LogP contribution in [0.25, 0.3) is 0 Å². The molecule has 0 spiro atoms. The van der Waals surface area contributed by atoms with E-state index in [9.17, 15) is 0 Å². The van der Waals surface area contributed by atoms with Crippen LogP contribution in [-0.2, 0) is 0 Å². The summed E-state index contributed by atoms with van der Waals surface area (Å²) in [7, 11) is 0. The van der Waals surface area contributed by atoms with Crippen molar-refractivity contribution in [2.45, 2.75) is 38.2 Å². The maximum atomic E-state index is 8.73. The highest BCUT2D eigenvalue weighted by Gasteiger charge is 2.07. The Labute approximate surface area is 102 Å². The van der Waals surface area contributed by atoms with Crippen LogP contribution in [0.1, 0.15) is 37.6 Å². The summed E-state index contributed by atoms with van der Waals surface area (Å²) in [5.41, 5.74) is 1.08. The third kappa shape index (κ3) is 4.42. The quantitative estimate of drug-likeness (QED) is 0.774. The van der Waals surface area contributed by atoms with Crippen LogP contribution < -0.4 is 4.74 Å². The zero-order valence-electron chi connectivity index (χ0n) is 9.82. The minimum Gasteiger partial charge on any atom is -0.491 e. The molecule has 0 aromatic heterocycles. The highest BCUT2D eigenvalue weighted by molar-refractivity contribution is 6.20. The van der Waals surface area contributed by atoms with Gasteiger partial charge in [-0.25, -0.2) is 0 Å². The average Bonchev–Trinajstić information content (AvgIpc) is 2.26. The lowest BCUT2D eigenvalue weighted by Crippen LogP contribution is -2.05. The Hall–Kier alpha value is -0.730. The van der Waals surface area contributed by atoms with Crippen LogP contribution in [0.2, 0.25) is 0 Å². The molecule has 1 rings (SSSR count). The van der Waals surface area contributed by atoms with E-state index in [4.69, 9.17) is 21.4 Å². The van der Waals surface area contributed by atoms with Gasteiger partial charge in [-0.2, -0.15) is 0 Å². The summed E-state index contributed by atoms with van der Waals surface area (Å²) in [5, 5.41) is 8.70. The van der Waals surface area contributed by atoms with Crippen molar-refractivity contribution in [1.82, 2.24) is 0 Å². The molecule has 0 fully saturated rings. The van der Waals surface area contributed by atoms with Gasteiger partial charge >= 0.3 is 0 Å².